The van der Waals surface area contributed by atoms with Crippen LogP contribution in [0.1, 0.15) is 6.92 Å². The molecule has 148 valence electrons. The van der Waals surface area contributed by atoms with Crippen LogP contribution in [0, 0.1) is 0 Å². The molecule has 0 aromatic heterocycles. The van der Waals surface area contributed by atoms with Gasteiger partial charge in [-0.25, -0.2) is 13.2 Å². The highest BCUT2D eigenvalue weighted by molar-refractivity contribution is 7.90. The number of ether oxygens (including phenoxy) is 2. The van der Waals surface area contributed by atoms with Crippen molar-refractivity contribution < 1.29 is 27.5 Å². The van der Waals surface area contributed by atoms with Crippen LogP contribution < -0.4 is 15.1 Å². The van der Waals surface area contributed by atoms with Crippen molar-refractivity contribution in [3.63, 3.8) is 0 Å². The first-order valence-corrected chi connectivity index (χ1v) is 10.5. The van der Waals surface area contributed by atoms with Gasteiger partial charge in [0.2, 0.25) is 5.91 Å². The third kappa shape index (κ3) is 4.51. The maximum Gasteiger partial charge on any atom is 0.414 e. The van der Waals surface area contributed by atoms with Gasteiger partial charge >= 0.3 is 6.09 Å². The Morgan fingerprint density at radius 3 is 2.63 bits per heavy atom. The SMILES string of the molecule is CC(=O)NC[C@@H]1CN(c2ccc(N3CCOCC3)c(S(C)(=O)=O)c2)C(=O)O1. The number of rotatable bonds is 5. The lowest BCUT2D eigenvalue weighted by atomic mass is 10.2. The van der Waals surface area contributed by atoms with Crippen LogP contribution >= 0.6 is 0 Å². The van der Waals surface area contributed by atoms with E-state index in [1.807, 2.05) is 4.90 Å². The van der Waals surface area contributed by atoms with E-state index in [1.165, 1.54) is 17.9 Å². The highest BCUT2D eigenvalue weighted by atomic mass is 32.2. The van der Waals surface area contributed by atoms with Gasteiger partial charge in [0.25, 0.3) is 0 Å². The number of benzene rings is 1. The largest absolute Gasteiger partial charge is 0.442 e. The van der Waals surface area contributed by atoms with Crippen molar-refractivity contribution in [2.45, 2.75) is 17.9 Å². The number of carbonyl (C=O) groups excluding carboxylic acids is 2. The van der Waals surface area contributed by atoms with Crippen LogP contribution in [0.4, 0.5) is 16.2 Å². The van der Waals surface area contributed by atoms with E-state index in [0.717, 1.165) is 6.26 Å². The van der Waals surface area contributed by atoms with Crippen molar-refractivity contribution in [1.82, 2.24) is 5.32 Å². The maximum absolute atomic E-state index is 12.3. The van der Waals surface area contributed by atoms with Gasteiger partial charge in [-0.05, 0) is 18.2 Å². The first-order valence-electron chi connectivity index (χ1n) is 8.65. The van der Waals surface area contributed by atoms with E-state index in [4.69, 9.17) is 9.47 Å². The fourth-order valence-electron chi connectivity index (χ4n) is 3.13. The summed E-state index contributed by atoms with van der Waals surface area (Å²) >= 11 is 0. The molecule has 1 N–H and O–H groups in total. The summed E-state index contributed by atoms with van der Waals surface area (Å²) in [5.74, 6) is -0.210. The quantitative estimate of drug-likeness (QED) is 0.766. The number of morpholine rings is 1. The fourth-order valence-corrected chi connectivity index (χ4v) is 4.04. The van der Waals surface area contributed by atoms with Gasteiger partial charge in [0.05, 0.1) is 36.9 Å². The molecule has 2 fully saturated rings. The Kier molecular flexibility index (Phi) is 5.56. The third-order valence-electron chi connectivity index (χ3n) is 4.46. The summed E-state index contributed by atoms with van der Waals surface area (Å²) in [5.41, 5.74) is 1.05. The first-order chi connectivity index (χ1) is 12.8. The normalized spacial score (nSPS) is 20.5. The summed E-state index contributed by atoms with van der Waals surface area (Å²) < 4.78 is 35.3. The average molecular weight is 397 g/mol. The predicted molar refractivity (Wildman–Crippen MR) is 98.9 cm³/mol. The number of hydrogen-bond acceptors (Lipinski definition) is 7. The zero-order valence-electron chi connectivity index (χ0n) is 15.3. The van der Waals surface area contributed by atoms with Crippen molar-refractivity contribution in [2.24, 2.45) is 0 Å². The minimum Gasteiger partial charge on any atom is -0.442 e. The smallest absolute Gasteiger partial charge is 0.414 e. The van der Waals surface area contributed by atoms with Gasteiger partial charge in [-0.1, -0.05) is 0 Å². The Balaban J connectivity index is 1.86. The van der Waals surface area contributed by atoms with Crippen LogP contribution in [-0.2, 0) is 24.1 Å². The van der Waals surface area contributed by atoms with E-state index in [1.54, 1.807) is 12.1 Å². The molecule has 0 saturated carbocycles. The van der Waals surface area contributed by atoms with E-state index in [2.05, 4.69) is 5.32 Å². The molecule has 2 aliphatic rings. The molecule has 1 atom stereocenters. The number of nitrogens with zero attached hydrogens (tertiary/aromatic N) is 2. The Bertz CT molecular complexity index is 835. The molecular weight excluding hydrogens is 374 g/mol. The molecule has 0 aliphatic carbocycles. The van der Waals surface area contributed by atoms with Crippen molar-refractivity contribution in [1.29, 1.82) is 0 Å². The van der Waals surface area contributed by atoms with E-state index >= 15 is 0 Å². The molecule has 0 unspecified atom stereocenters. The molecule has 2 aliphatic heterocycles. The second-order valence-electron chi connectivity index (χ2n) is 6.58. The number of nitrogens with one attached hydrogen (secondary N) is 1. The predicted octanol–water partition coefficient (Wildman–Crippen LogP) is 0.388. The summed E-state index contributed by atoms with van der Waals surface area (Å²) in [6.07, 6.45) is 0.101. The summed E-state index contributed by atoms with van der Waals surface area (Å²) in [7, 11) is -3.51. The Hall–Kier alpha value is -2.33. The van der Waals surface area contributed by atoms with Gasteiger partial charge in [0.1, 0.15) is 6.10 Å². The summed E-state index contributed by atoms with van der Waals surface area (Å²) in [5, 5.41) is 2.61. The zero-order chi connectivity index (χ0) is 19.6. The van der Waals surface area contributed by atoms with E-state index in [-0.39, 0.29) is 23.9 Å². The van der Waals surface area contributed by atoms with Crippen molar-refractivity contribution in [3.05, 3.63) is 18.2 Å². The first kappa shape index (κ1) is 19.4. The van der Waals surface area contributed by atoms with Gasteiger partial charge in [-0.15, -0.1) is 0 Å². The molecule has 27 heavy (non-hydrogen) atoms. The lowest BCUT2D eigenvalue weighted by Crippen LogP contribution is -2.37. The number of hydrogen-bond donors (Lipinski definition) is 1. The van der Waals surface area contributed by atoms with E-state index < -0.39 is 22.0 Å². The Morgan fingerprint density at radius 2 is 2.00 bits per heavy atom. The van der Waals surface area contributed by atoms with Gasteiger partial charge in [-0.2, -0.15) is 0 Å². The van der Waals surface area contributed by atoms with Crippen LogP contribution in [0.2, 0.25) is 0 Å². The van der Waals surface area contributed by atoms with Crippen molar-refractivity contribution in [3.8, 4) is 0 Å². The highest BCUT2D eigenvalue weighted by Crippen LogP contribution is 2.32. The molecule has 1 aromatic carbocycles. The molecule has 0 spiro atoms. The summed E-state index contributed by atoms with van der Waals surface area (Å²) in [6, 6.07) is 4.93. The topological polar surface area (TPSA) is 105 Å². The van der Waals surface area contributed by atoms with Gasteiger partial charge < -0.3 is 19.7 Å². The van der Waals surface area contributed by atoms with Gasteiger partial charge in [0, 0.05) is 32.0 Å². The third-order valence-corrected chi connectivity index (χ3v) is 5.59. The Labute approximate surface area is 158 Å². The summed E-state index contributed by atoms with van der Waals surface area (Å²) in [6.45, 7) is 4.11. The number of cyclic esters (lactones) is 1. The second-order valence-corrected chi connectivity index (χ2v) is 8.56. The molecule has 3 rings (SSSR count). The lowest BCUT2D eigenvalue weighted by Gasteiger charge is -2.30. The maximum atomic E-state index is 12.3. The van der Waals surface area contributed by atoms with Crippen LogP contribution in [0.3, 0.4) is 0 Å². The van der Waals surface area contributed by atoms with Crippen LogP contribution in [0.25, 0.3) is 0 Å². The minimum absolute atomic E-state index is 0.167. The number of amides is 2. The van der Waals surface area contributed by atoms with Gasteiger partial charge in [-0.3, -0.25) is 9.69 Å². The summed E-state index contributed by atoms with van der Waals surface area (Å²) in [4.78, 5) is 26.7. The standard InChI is InChI=1S/C17H23N3O6S/c1-12(21)18-10-14-11-20(17(22)26-14)13-3-4-15(16(9-13)27(2,23)24)19-5-7-25-8-6-19/h3-4,9,14H,5-8,10-11H2,1-2H3,(H,18,21)/t14-/m1/s1. The molecule has 2 saturated heterocycles. The zero-order valence-corrected chi connectivity index (χ0v) is 16.1. The molecule has 2 amide bonds. The van der Waals surface area contributed by atoms with Crippen LogP contribution in [0.5, 0.6) is 0 Å². The second kappa shape index (κ2) is 7.73. The fraction of sp³-hybridized carbons (Fsp3) is 0.529. The molecule has 9 nitrogen and oxygen atoms in total. The van der Waals surface area contributed by atoms with Crippen LogP contribution in [0.15, 0.2) is 23.1 Å². The molecule has 10 heteroatoms. The van der Waals surface area contributed by atoms with E-state index in [0.29, 0.717) is 37.7 Å². The number of anilines is 2. The number of sulfone groups is 1. The van der Waals surface area contributed by atoms with Crippen molar-refractivity contribution in [2.75, 3.05) is 55.4 Å². The van der Waals surface area contributed by atoms with Crippen molar-refractivity contribution >= 4 is 33.2 Å². The van der Waals surface area contributed by atoms with Gasteiger partial charge in [0.15, 0.2) is 9.84 Å². The molecular formula is C17H23N3O6S. The Morgan fingerprint density at radius 1 is 1.30 bits per heavy atom. The molecule has 0 radical (unpaired) electrons. The average Bonchev–Trinajstić information content (AvgIpc) is 3.00. The highest BCUT2D eigenvalue weighted by Gasteiger charge is 2.33. The monoisotopic (exact) mass is 397 g/mol. The minimum atomic E-state index is -3.51. The molecule has 1 aromatic rings. The molecule has 0 bridgehead atoms. The van der Waals surface area contributed by atoms with Crippen LogP contribution in [-0.4, -0.2) is 72.2 Å². The van der Waals surface area contributed by atoms with E-state index in [9.17, 15) is 18.0 Å². The number of carbonyl (C=O) groups is 2. The molecule has 2 heterocycles. The lowest BCUT2D eigenvalue weighted by molar-refractivity contribution is -0.119.